The third kappa shape index (κ3) is 2.40. The molecule has 3 nitrogen and oxygen atoms in total. The highest BCUT2D eigenvalue weighted by atomic mass is 32.1. The van der Waals surface area contributed by atoms with Gasteiger partial charge < -0.3 is 0 Å². The predicted octanol–water partition coefficient (Wildman–Crippen LogP) is 2.68. The van der Waals surface area contributed by atoms with Gasteiger partial charge in [0.1, 0.15) is 0 Å². The van der Waals surface area contributed by atoms with E-state index < -0.39 is 0 Å². The number of hydroxylamine groups is 2. The fourth-order valence-electron chi connectivity index (χ4n) is 1.53. The highest BCUT2D eigenvalue weighted by Crippen LogP contribution is 2.25. The van der Waals surface area contributed by atoms with E-state index in [9.17, 15) is 10.0 Å². The zero-order valence-electron chi connectivity index (χ0n) is 9.01. The number of fused-ring (bicyclic) bond motifs is 1. The summed E-state index contributed by atoms with van der Waals surface area (Å²) >= 11 is 1.70. The Bertz CT molecular complexity index is 473. The molecule has 0 bridgehead atoms. The third-order valence-electron chi connectivity index (χ3n) is 2.41. The van der Waals surface area contributed by atoms with Crippen LogP contribution in [0.3, 0.4) is 0 Å². The lowest BCUT2D eigenvalue weighted by Gasteiger charge is -2.10. The minimum absolute atomic E-state index is 0.318. The number of nitrogens with zero attached hydrogens (tertiary/aromatic N) is 1. The smallest absolute Gasteiger partial charge is 0.242 e. The van der Waals surface area contributed by atoms with Gasteiger partial charge in [0.15, 0.2) is 0 Å². The third-order valence-corrected chi connectivity index (χ3v) is 3.59. The van der Waals surface area contributed by atoms with Crippen molar-refractivity contribution in [2.45, 2.75) is 13.3 Å². The molecule has 1 heterocycles. The van der Waals surface area contributed by atoms with Crippen LogP contribution in [0, 0.1) is 0 Å². The highest BCUT2D eigenvalue weighted by Gasteiger charge is 2.06. The lowest BCUT2D eigenvalue weighted by Crippen LogP contribution is -2.26. The first kappa shape index (κ1) is 11.1. The van der Waals surface area contributed by atoms with Gasteiger partial charge in [0, 0.05) is 22.9 Å². The lowest BCUT2D eigenvalue weighted by molar-refractivity contribution is -0.162. The maximum Gasteiger partial charge on any atom is 0.242 e. The van der Waals surface area contributed by atoms with E-state index in [1.807, 2.05) is 12.1 Å². The summed E-state index contributed by atoms with van der Waals surface area (Å²) in [7, 11) is 0. The molecule has 1 N–H and O–H groups in total. The van der Waals surface area contributed by atoms with Crippen molar-refractivity contribution in [1.82, 2.24) is 5.06 Å². The molecule has 16 heavy (non-hydrogen) atoms. The van der Waals surface area contributed by atoms with Crippen LogP contribution in [-0.2, 0) is 11.2 Å². The van der Waals surface area contributed by atoms with E-state index in [4.69, 9.17) is 0 Å². The number of hydrogen-bond donors (Lipinski definition) is 1. The van der Waals surface area contributed by atoms with E-state index in [0.29, 0.717) is 13.0 Å². The zero-order chi connectivity index (χ0) is 11.5. The van der Waals surface area contributed by atoms with Crippen molar-refractivity contribution in [3.63, 3.8) is 0 Å². The van der Waals surface area contributed by atoms with Crippen molar-refractivity contribution in [2.24, 2.45) is 0 Å². The molecule has 0 aliphatic rings. The molecule has 1 aromatic carbocycles. The van der Waals surface area contributed by atoms with E-state index in [0.717, 1.165) is 5.06 Å². The van der Waals surface area contributed by atoms with Crippen LogP contribution in [0.25, 0.3) is 10.1 Å². The standard InChI is InChI=1S/C12H13NO2S/c1-9(14)13(15)7-6-11-8-10-4-2-3-5-12(10)16-11/h2-5,8,15H,6-7H2,1H3. The Hall–Kier alpha value is -1.39. The van der Waals surface area contributed by atoms with E-state index in [-0.39, 0.29) is 5.91 Å². The van der Waals surface area contributed by atoms with Crippen LogP contribution in [0.4, 0.5) is 0 Å². The lowest BCUT2D eigenvalue weighted by atomic mass is 10.2. The molecule has 0 radical (unpaired) electrons. The van der Waals surface area contributed by atoms with Crippen LogP contribution in [-0.4, -0.2) is 22.7 Å². The van der Waals surface area contributed by atoms with Crippen molar-refractivity contribution >= 4 is 27.3 Å². The molecule has 0 atom stereocenters. The monoisotopic (exact) mass is 235 g/mol. The van der Waals surface area contributed by atoms with E-state index in [1.54, 1.807) is 11.3 Å². The fraction of sp³-hybridized carbons (Fsp3) is 0.250. The number of hydrogen-bond acceptors (Lipinski definition) is 3. The van der Waals surface area contributed by atoms with Gasteiger partial charge in [-0.05, 0) is 17.5 Å². The largest absolute Gasteiger partial charge is 0.286 e. The van der Waals surface area contributed by atoms with Gasteiger partial charge >= 0.3 is 0 Å². The summed E-state index contributed by atoms with van der Waals surface area (Å²) in [6.07, 6.45) is 0.690. The summed E-state index contributed by atoms with van der Waals surface area (Å²) in [6.45, 7) is 1.70. The van der Waals surface area contributed by atoms with Crippen LogP contribution in [0.1, 0.15) is 11.8 Å². The first-order chi connectivity index (χ1) is 7.66. The molecule has 0 spiro atoms. The molecule has 0 unspecified atom stereocenters. The molecule has 2 aromatic rings. The molecule has 1 amide bonds. The van der Waals surface area contributed by atoms with Gasteiger partial charge in [-0.25, -0.2) is 5.06 Å². The molecular weight excluding hydrogens is 222 g/mol. The number of benzene rings is 1. The fourth-order valence-corrected chi connectivity index (χ4v) is 2.59. The molecule has 1 aromatic heterocycles. The molecule has 0 saturated heterocycles. The number of thiophene rings is 1. The topological polar surface area (TPSA) is 40.5 Å². The molecule has 0 saturated carbocycles. The molecule has 0 fully saturated rings. The van der Waals surface area contributed by atoms with E-state index in [2.05, 4.69) is 18.2 Å². The minimum atomic E-state index is -0.318. The highest BCUT2D eigenvalue weighted by molar-refractivity contribution is 7.19. The molecule has 2 rings (SSSR count). The van der Waals surface area contributed by atoms with Crippen LogP contribution >= 0.6 is 11.3 Å². The summed E-state index contributed by atoms with van der Waals surface area (Å²) in [6, 6.07) is 10.3. The van der Waals surface area contributed by atoms with Crippen LogP contribution in [0.2, 0.25) is 0 Å². The molecular formula is C12H13NO2S. The summed E-state index contributed by atoms with van der Waals surface area (Å²) in [4.78, 5) is 12.0. The van der Waals surface area contributed by atoms with Crippen molar-refractivity contribution in [1.29, 1.82) is 0 Å². The summed E-state index contributed by atoms with van der Waals surface area (Å²) in [5, 5.41) is 11.2. The van der Waals surface area contributed by atoms with Gasteiger partial charge in [-0.2, -0.15) is 0 Å². The van der Waals surface area contributed by atoms with E-state index in [1.165, 1.54) is 21.9 Å². The zero-order valence-corrected chi connectivity index (χ0v) is 9.83. The number of amides is 1. The maximum atomic E-state index is 10.8. The molecule has 84 valence electrons. The Morgan fingerprint density at radius 2 is 2.19 bits per heavy atom. The minimum Gasteiger partial charge on any atom is -0.286 e. The Balaban J connectivity index is 2.07. The van der Waals surface area contributed by atoms with Gasteiger partial charge in [0.05, 0.1) is 6.54 Å². The summed E-state index contributed by atoms with van der Waals surface area (Å²) in [5.74, 6) is -0.318. The normalized spacial score (nSPS) is 10.6. The van der Waals surface area contributed by atoms with Gasteiger partial charge in [-0.15, -0.1) is 11.3 Å². The van der Waals surface area contributed by atoms with E-state index >= 15 is 0 Å². The van der Waals surface area contributed by atoms with Gasteiger partial charge in [0.25, 0.3) is 0 Å². The van der Waals surface area contributed by atoms with Gasteiger partial charge in [0.2, 0.25) is 5.91 Å². The van der Waals surface area contributed by atoms with Gasteiger partial charge in [-0.1, -0.05) is 18.2 Å². The Kier molecular flexibility index (Phi) is 3.22. The van der Waals surface area contributed by atoms with Crippen molar-refractivity contribution in [3.05, 3.63) is 35.2 Å². The Labute approximate surface area is 97.9 Å². The second kappa shape index (κ2) is 4.63. The summed E-state index contributed by atoms with van der Waals surface area (Å²) < 4.78 is 1.24. The quantitative estimate of drug-likeness (QED) is 0.656. The maximum absolute atomic E-state index is 10.8. The van der Waals surface area contributed by atoms with Crippen LogP contribution < -0.4 is 0 Å². The van der Waals surface area contributed by atoms with Crippen molar-refractivity contribution in [3.8, 4) is 0 Å². The first-order valence-electron chi connectivity index (χ1n) is 5.11. The number of carbonyl (C=O) groups is 1. The average Bonchev–Trinajstić information content (AvgIpc) is 2.68. The Morgan fingerprint density at radius 1 is 1.44 bits per heavy atom. The number of carbonyl (C=O) groups excluding carboxylic acids is 1. The SMILES string of the molecule is CC(=O)N(O)CCc1cc2ccccc2s1. The second-order valence-corrected chi connectivity index (χ2v) is 4.81. The Morgan fingerprint density at radius 3 is 2.88 bits per heavy atom. The second-order valence-electron chi connectivity index (χ2n) is 3.64. The summed E-state index contributed by atoms with van der Waals surface area (Å²) in [5.41, 5.74) is 0. The first-order valence-corrected chi connectivity index (χ1v) is 5.93. The number of rotatable bonds is 3. The molecule has 4 heteroatoms. The van der Waals surface area contributed by atoms with Crippen molar-refractivity contribution < 1.29 is 10.0 Å². The van der Waals surface area contributed by atoms with Crippen LogP contribution in [0.15, 0.2) is 30.3 Å². The van der Waals surface area contributed by atoms with Crippen molar-refractivity contribution in [2.75, 3.05) is 6.54 Å². The van der Waals surface area contributed by atoms with Gasteiger partial charge in [-0.3, -0.25) is 10.0 Å². The van der Waals surface area contributed by atoms with Crippen LogP contribution in [0.5, 0.6) is 0 Å². The predicted molar refractivity (Wildman–Crippen MR) is 64.7 cm³/mol. The average molecular weight is 235 g/mol. The molecule has 0 aliphatic carbocycles. The molecule has 0 aliphatic heterocycles.